The van der Waals surface area contributed by atoms with Crippen LogP contribution >= 0.6 is 0 Å². The first kappa shape index (κ1) is 23.6. The molecule has 1 heterocycles. The molecule has 0 saturated carbocycles. The van der Waals surface area contributed by atoms with Gasteiger partial charge in [0.15, 0.2) is 11.5 Å². The molecule has 1 aliphatic rings. The Balaban J connectivity index is 1.55. The van der Waals surface area contributed by atoms with E-state index in [2.05, 4.69) is 5.32 Å². The third kappa shape index (κ3) is 5.32. The fourth-order valence-corrected chi connectivity index (χ4v) is 5.16. The predicted octanol–water partition coefficient (Wildman–Crippen LogP) is 3.60. The maximum absolute atomic E-state index is 13.5. The van der Waals surface area contributed by atoms with Crippen molar-refractivity contribution in [2.24, 2.45) is 0 Å². The molecule has 0 atom stereocenters. The number of sulfonamides is 1. The van der Waals surface area contributed by atoms with Crippen molar-refractivity contribution in [1.82, 2.24) is 4.31 Å². The van der Waals surface area contributed by atoms with Crippen LogP contribution in [0.4, 0.5) is 5.69 Å². The first-order valence-electron chi connectivity index (χ1n) is 10.7. The quantitative estimate of drug-likeness (QED) is 0.501. The molecule has 3 aromatic rings. The highest BCUT2D eigenvalue weighted by Gasteiger charge is 2.27. The Kier molecular flexibility index (Phi) is 7.04. The van der Waals surface area contributed by atoms with Gasteiger partial charge in [-0.15, -0.1) is 0 Å². The van der Waals surface area contributed by atoms with Gasteiger partial charge in [-0.3, -0.25) is 4.79 Å². The molecular formula is C25H26N2O6S. The van der Waals surface area contributed by atoms with Crippen molar-refractivity contribution in [3.63, 3.8) is 0 Å². The number of methoxy groups -OCH3 is 1. The monoisotopic (exact) mass is 482 g/mol. The first-order chi connectivity index (χ1) is 16.4. The molecule has 1 aliphatic heterocycles. The Labute approximate surface area is 199 Å². The van der Waals surface area contributed by atoms with Crippen molar-refractivity contribution < 1.29 is 27.4 Å². The fraction of sp³-hybridized carbons (Fsp3) is 0.240. The highest BCUT2D eigenvalue weighted by Crippen LogP contribution is 2.34. The van der Waals surface area contributed by atoms with Crippen LogP contribution in [0.25, 0.3) is 0 Å². The van der Waals surface area contributed by atoms with Crippen LogP contribution in [0.2, 0.25) is 0 Å². The highest BCUT2D eigenvalue weighted by atomic mass is 32.2. The predicted molar refractivity (Wildman–Crippen MR) is 128 cm³/mol. The minimum absolute atomic E-state index is 0.106. The molecule has 0 radical (unpaired) electrons. The van der Waals surface area contributed by atoms with Gasteiger partial charge in [0.1, 0.15) is 5.75 Å². The Morgan fingerprint density at radius 2 is 1.79 bits per heavy atom. The molecule has 0 bridgehead atoms. The van der Waals surface area contributed by atoms with Gasteiger partial charge in [-0.1, -0.05) is 30.3 Å². The van der Waals surface area contributed by atoms with Crippen molar-refractivity contribution in [2.45, 2.75) is 18.2 Å². The lowest BCUT2D eigenvalue weighted by Crippen LogP contribution is -2.39. The van der Waals surface area contributed by atoms with Gasteiger partial charge in [-0.05, 0) is 54.8 Å². The van der Waals surface area contributed by atoms with E-state index in [1.165, 1.54) is 17.5 Å². The van der Waals surface area contributed by atoms with Crippen LogP contribution in [0.5, 0.6) is 17.2 Å². The number of nitrogens with zero attached hydrogens (tertiary/aromatic N) is 1. The summed E-state index contributed by atoms with van der Waals surface area (Å²) in [5, 5.41) is 2.75. The van der Waals surface area contributed by atoms with Gasteiger partial charge >= 0.3 is 0 Å². The highest BCUT2D eigenvalue weighted by molar-refractivity contribution is 7.89. The van der Waals surface area contributed by atoms with E-state index in [4.69, 9.17) is 14.2 Å². The topological polar surface area (TPSA) is 94.2 Å². The molecule has 178 valence electrons. The lowest BCUT2D eigenvalue weighted by Gasteiger charge is -2.22. The summed E-state index contributed by atoms with van der Waals surface area (Å²) in [6.45, 7) is 1.71. The lowest BCUT2D eigenvalue weighted by molar-refractivity contribution is -0.116. The van der Waals surface area contributed by atoms with E-state index < -0.39 is 15.9 Å². The Hall–Kier alpha value is -3.56. The van der Waals surface area contributed by atoms with Crippen molar-refractivity contribution in [3.05, 3.63) is 77.9 Å². The number of anilines is 1. The number of amides is 1. The van der Waals surface area contributed by atoms with E-state index in [9.17, 15) is 13.2 Å². The van der Waals surface area contributed by atoms with Crippen molar-refractivity contribution >= 4 is 21.6 Å². The smallest absolute Gasteiger partial charge is 0.243 e. The van der Waals surface area contributed by atoms with Crippen molar-refractivity contribution in [3.8, 4) is 17.2 Å². The Bertz CT molecular complexity index is 1280. The third-order valence-electron chi connectivity index (χ3n) is 5.47. The van der Waals surface area contributed by atoms with E-state index in [0.29, 0.717) is 34.9 Å². The number of nitrogens with one attached hydrogen (secondary N) is 1. The summed E-state index contributed by atoms with van der Waals surface area (Å²) in [5.41, 5.74) is 2.16. The minimum Gasteiger partial charge on any atom is -0.496 e. The zero-order chi connectivity index (χ0) is 24.1. The van der Waals surface area contributed by atoms with Crippen LogP contribution < -0.4 is 19.5 Å². The fourth-order valence-electron chi connectivity index (χ4n) is 3.68. The maximum atomic E-state index is 13.5. The van der Waals surface area contributed by atoms with E-state index in [1.807, 2.05) is 30.3 Å². The van der Waals surface area contributed by atoms with Crippen molar-refractivity contribution in [1.29, 1.82) is 0 Å². The van der Waals surface area contributed by atoms with E-state index in [1.54, 1.807) is 37.3 Å². The van der Waals surface area contributed by atoms with Crippen LogP contribution in [-0.2, 0) is 21.2 Å². The minimum atomic E-state index is -3.94. The zero-order valence-electron chi connectivity index (χ0n) is 19.0. The molecule has 0 aliphatic carbocycles. The molecular weight excluding hydrogens is 456 g/mol. The van der Waals surface area contributed by atoms with Crippen LogP contribution in [0.15, 0.2) is 71.6 Å². The van der Waals surface area contributed by atoms with Crippen LogP contribution in [0.3, 0.4) is 0 Å². The van der Waals surface area contributed by atoms with Gasteiger partial charge in [-0.2, -0.15) is 4.31 Å². The number of carbonyl (C=O) groups excluding carboxylic acids is 1. The van der Waals surface area contributed by atoms with Gasteiger partial charge in [0.2, 0.25) is 22.7 Å². The second-order valence-electron chi connectivity index (χ2n) is 7.82. The molecule has 0 spiro atoms. The lowest BCUT2D eigenvalue weighted by atomic mass is 10.1. The van der Waals surface area contributed by atoms with Gasteiger partial charge in [0.05, 0.1) is 18.6 Å². The van der Waals surface area contributed by atoms with Gasteiger partial charge in [0.25, 0.3) is 0 Å². The average molecular weight is 483 g/mol. The number of hydrogen-bond donors (Lipinski definition) is 1. The summed E-state index contributed by atoms with van der Waals surface area (Å²) in [6.07, 6.45) is 0.465. The number of ether oxygens (including phenoxy) is 3. The molecule has 1 N–H and O–H groups in total. The SMILES string of the molecule is COc1ccc(S(=O)(=O)N(CCc2ccccc2)CC(=O)Nc2ccc3c(c2)OCO3)cc1C. The molecule has 8 nitrogen and oxygen atoms in total. The van der Waals surface area contributed by atoms with E-state index in [0.717, 1.165) is 5.56 Å². The third-order valence-corrected chi connectivity index (χ3v) is 7.31. The largest absolute Gasteiger partial charge is 0.496 e. The van der Waals surface area contributed by atoms with Crippen LogP contribution in [0, 0.1) is 6.92 Å². The molecule has 0 unspecified atom stereocenters. The van der Waals surface area contributed by atoms with Crippen LogP contribution in [0.1, 0.15) is 11.1 Å². The molecule has 3 aromatic carbocycles. The number of hydrogen-bond acceptors (Lipinski definition) is 6. The standard InChI is InChI=1S/C25H26N2O6S/c1-18-14-21(9-11-22(18)31-2)34(29,30)27(13-12-19-6-4-3-5-7-19)16-25(28)26-20-8-10-23-24(15-20)33-17-32-23/h3-11,14-15H,12-13,16-17H2,1-2H3,(H,26,28). The molecule has 4 rings (SSSR count). The second-order valence-corrected chi connectivity index (χ2v) is 9.76. The van der Waals surface area contributed by atoms with Gasteiger partial charge in [0, 0.05) is 18.3 Å². The molecule has 1 amide bonds. The summed E-state index contributed by atoms with van der Waals surface area (Å²) < 4.78 is 44.1. The number of rotatable bonds is 9. The summed E-state index contributed by atoms with van der Waals surface area (Å²) in [5.74, 6) is 1.26. The second kappa shape index (κ2) is 10.1. The van der Waals surface area contributed by atoms with E-state index in [-0.39, 0.29) is 24.8 Å². The number of benzene rings is 3. The molecule has 0 fully saturated rings. The van der Waals surface area contributed by atoms with Gasteiger partial charge in [-0.25, -0.2) is 8.42 Å². The molecule has 0 aromatic heterocycles. The maximum Gasteiger partial charge on any atom is 0.243 e. The number of aryl methyl sites for hydroxylation is 1. The summed E-state index contributed by atoms with van der Waals surface area (Å²) >= 11 is 0. The summed E-state index contributed by atoms with van der Waals surface area (Å²) in [7, 11) is -2.41. The van der Waals surface area contributed by atoms with Crippen LogP contribution in [-0.4, -0.2) is 45.6 Å². The molecule has 34 heavy (non-hydrogen) atoms. The summed E-state index contributed by atoms with van der Waals surface area (Å²) in [6, 6.07) is 19.2. The summed E-state index contributed by atoms with van der Waals surface area (Å²) in [4.78, 5) is 13.0. The van der Waals surface area contributed by atoms with E-state index >= 15 is 0 Å². The normalized spacial score (nSPS) is 12.6. The Morgan fingerprint density at radius 1 is 1.03 bits per heavy atom. The molecule has 9 heteroatoms. The number of carbonyl (C=O) groups is 1. The first-order valence-corrected chi connectivity index (χ1v) is 12.2. The molecule has 0 saturated heterocycles. The van der Waals surface area contributed by atoms with Crippen molar-refractivity contribution in [2.75, 3.05) is 32.3 Å². The number of fused-ring (bicyclic) bond motifs is 1. The zero-order valence-corrected chi connectivity index (χ0v) is 19.8. The average Bonchev–Trinajstić information content (AvgIpc) is 3.30. The Morgan fingerprint density at radius 3 is 2.53 bits per heavy atom. The van der Waals surface area contributed by atoms with Gasteiger partial charge < -0.3 is 19.5 Å².